The van der Waals surface area contributed by atoms with Crippen molar-refractivity contribution in [3.63, 3.8) is 0 Å². The number of fused-ring (bicyclic) bond motifs is 1. The van der Waals surface area contributed by atoms with Crippen molar-refractivity contribution < 1.29 is 9.53 Å². The number of thiophene rings is 1. The quantitative estimate of drug-likeness (QED) is 0.255. The maximum absolute atomic E-state index is 11.8. The van der Waals surface area contributed by atoms with Crippen LogP contribution in [0.2, 0.25) is 5.02 Å². The molecule has 1 atom stereocenters. The smallest absolute Gasteiger partial charge is 0.222 e. The van der Waals surface area contributed by atoms with Crippen LogP contribution in [0, 0.1) is 0 Å². The van der Waals surface area contributed by atoms with E-state index in [1.54, 1.807) is 6.20 Å². The summed E-state index contributed by atoms with van der Waals surface area (Å²) >= 11 is 7.86. The van der Waals surface area contributed by atoms with Gasteiger partial charge in [0, 0.05) is 42.6 Å². The summed E-state index contributed by atoms with van der Waals surface area (Å²) < 4.78 is 8.36. The summed E-state index contributed by atoms with van der Waals surface area (Å²) in [6, 6.07) is 19.5. The van der Waals surface area contributed by atoms with Gasteiger partial charge in [-0.3, -0.25) is 9.20 Å². The van der Waals surface area contributed by atoms with E-state index in [4.69, 9.17) is 22.1 Å². The molecule has 37 heavy (non-hydrogen) atoms. The Kier molecular flexibility index (Phi) is 7.12. The molecule has 0 saturated heterocycles. The predicted molar refractivity (Wildman–Crippen MR) is 148 cm³/mol. The van der Waals surface area contributed by atoms with Crippen molar-refractivity contribution in [2.45, 2.75) is 26.0 Å². The van der Waals surface area contributed by atoms with E-state index in [-0.39, 0.29) is 12.5 Å². The second-order valence-corrected chi connectivity index (χ2v) is 10.3. The number of halogens is 1. The first kappa shape index (κ1) is 24.8. The van der Waals surface area contributed by atoms with Crippen molar-refractivity contribution in [2.24, 2.45) is 5.73 Å². The van der Waals surface area contributed by atoms with Gasteiger partial charge in [-0.15, -0.1) is 11.3 Å². The van der Waals surface area contributed by atoms with Crippen LogP contribution in [-0.2, 0) is 17.8 Å². The van der Waals surface area contributed by atoms with Crippen molar-refractivity contribution in [3.8, 4) is 16.3 Å². The molecule has 0 radical (unpaired) electrons. The minimum absolute atomic E-state index is 0.0894. The number of anilines is 1. The van der Waals surface area contributed by atoms with E-state index >= 15 is 0 Å². The zero-order valence-electron chi connectivity index (χ0n) is 20.5. The summed E-state index contributed by atoms with van der Waals surface area (Å²) in [7, 11) is 2.01. The van der Waals surface area contributed by atoms with Gasteiger partial charge in [0.05, 0.1) is 28.1 Å². The Morgan fingerprint density at radius 1 is 1.16 bits per heavy atom. The van der Waals surface area contributed by atoms with Crippen LogP contribution in [0.5, 0.6) is 5.75 Å². The second kappa shape index (κ2) is 10.6. The van der Waals surface area contributed by atoms with Crippen molar-refractivity contribution in [1.29, 1.82) is 0 Å². The van der Waals surface area contributed by atoms with E-state index in [1.807, 2.05) is 74.8 Å². The molecule has 7 nitrogen and oxygen atoms in total. The fraction of sp³-hybridized carbons (Fsp3) is 0.179. The number of primary amides is 1. The summed E-state index contributed by atoms with van der Waals surface area (Å²) in [4.78, 5) is 24.6. The molecule has 0 spiro atoms. The molecule has 0 fully saturated rings. The van der Waals surface area contributed by atoms with Crippen LogP contribution in [0.25, 0.3) is 16.2 Å². The van der Waals surface area contributed by atoms with E-state index in [0.717, 1.165) is 38.0 Å². The molecule has 0 aliphatic rings. The third-order valence-corrected chi connectivity index (χ3v) is 7.51. The van der Waals surface area contributed by atoms with Gasteiger partial charge in [0.2, 0.25) is 5.91 Å². The Morgan fingerprint density at radius 2 is 1.97 bits per heavy atom. The second-order valence-electron chi connectivity index (χ2n) is 8.78. The summed E-state index contributed by atoms with van der Waals surface area (Å²) in [5.74, 6) is 1.10. The molecule has 2 N–H and O–H groups in total. The standard InChI is InChI=1S/C28H26ClN5O2S/c1-18(20-7-3-4-8-21(20)29)36-23-13-24(37-25(23)14-26(30)35)22-15-32-28-11-10-19(17-34(22)28)16-33(2)27-9-5-6-12-31-27/h3-13,15,17-18H,14,16H2,1-2H3,(H2,30,35)/t18-/m1/s1. The Balaban J connectivity index is 1.47. The first-order valence-corrected chi connectivity index (χ1v) is 13.0. The van der Waals surface area contributed by atoms with Crippen LogP contribution in [0.1, 0.15) is 29.0 Å². The van der Waals surface area contributed by atoms with Crippen molar-refractivity contribution >= 4 is 40.3 Å². The average Bonchev–Trinajstić information content (AvgIpc) is 3.48. The van der Waals surface area contributed by atoms with Crippen LogP contribution in [0.3, 0.4) is 0 Å². The highest BCUT2D eigenvalue weighted by Crippen LogP contribution is 2.39. The van der Waals surface area contributed by atoms with Gasteiger partial charge in [-0.05, 0) is 36.8 Å². The van der Waals surface area contributed by atoms with E-state index < -0.39 is 5.91 Å². The molecule has 188 valence electrons. The number of aromatic nitrogens is 3. The van der Waals surface area contributed by atoms with E-state index in [1.165, 1.54) is 11.3 Å². The molecule has 5 aromatic rings. The van der Waals surface area contributed by atoms with E-state index in [9.17, 15) is 4.79 Å². The molecule has 0 saturated carbocycles. The topological polar surface area (TPSA) is 85.8 Å². The zero-order valence-corrected chi connectivity index (χ0v) is 22.0. The van der Waals surface area contributed by atoms with Gasteiger partial charge in [0.15, 0.2) is 0 Å². The SMILES string of the molecule is C[C@@H](Oc1cc(-c2cnc3ccc(CN(C)c4ccccn4)cn23)sc1CC(N)=O)c1ccccc1Cl. The lowest BCUT2D eigenvalue weighted by Gasteiger charge is -2.18. The lowest BCUT2D eigenvalue weighted by molar-refractivity contribution is -0.117. The molecule has 4 aromatic heterocycles. The van der Waals surface area contributed by atoms with Crippen LogP contribution < -0.4 is 15.4 Å². The summed E-state index contributed by atoms with van der Waals surface area (Å²) in [6.07, 6.45) is 5.49. The first-order valence-electron chi connectivity index (χ1n) is 11.8. The Bertz CT molecular complexity index is 1550. The highest BCUT2D eigenvalue weighted by molar-refractivity contribution is 7.15. The molecule has 0 unspecified atom stereocenters. The minimum atomic E-state index is -0.415. The van der Waals surface area contributed by atoms with Crippen molar-refractivity contribution in [2.75, 3.05) is 11.9 Å². The first-order chi connectivity index (χ1) is 17.9. The molecule has 5 rings (SSSR count). The number of hydrogen-bond donors (Lipinski definition) is 1. The zero-order chi connectivity index (χ0) is 25.9. The number of rotatable bonds is 9. The minimum Gasteiger partial charge on any atom is -0.485 e. The van der Waals surface area contributed by atoms with Crippen molar-refractivity contribution in [3.05, 3.63) is 100 Å². The highest BCUT2D eigenvalue weighted by atomic mass is 35.5. The fourth-order valence-electron chi connectivity index (χ4n) is 4.21. The maximum Gasteiger partial charge on any atom is 0.222 e. The van der Waals surface area contributed by atoms with Crippen LogP contribution in [0.4, 0.5) is 5.82 Å². The third kappa shape index (κ3) is 5.45. The van der Waals surface area contributed by atoms with Gasteiger partial charge in [-0.25, -0.2) is 9.97 Å². The number of amides is 1. The molecular formula is C28H26ClN5O2S. The average molecular weight is 532 g/mol. The summed E-state index contributed by atoms with van der Waals surface area (Å²) in [5, 5.41) is 0.631. The van der Waals surface area contributed by atoms with Crippen LogP contribution >= 0.6 is 22.9 Å². The molecule has 4 heterocycles. The molecule has 9 heteroatoms. The number of benzene rings is 1. The van der Waals surface area contributed by atoms with Crippen LogP contribution in [0.15, 0.2) is 79.3 Å². The monoisotopic (exact) mass is 531 g/mol. The maximum atomic E-state index is 11.8. The fourth-order valence-corrected chi connectivity index (χ4v) is 5.61. The normalized spacial score (nSPS) is 12.0. The lowest BCUT2D eigenvalue weighted by Crippen LogP contribution is -2.17. The number of ether oxygens (including phenoxy) is 1. The number of carbonyl (C=O) groups excluding carboxylic acids is 1. The number of pyridine rings is 2. The van der Waals surface area contributed by atoms with Gasteiger partial charge < -0.3 is 15.4 Å². The molecular weight excluding hydrogens is 506 g/mol. The molecule has 1 aromatic carbocycles. The Hall–Kier alpha value is -3.88. The largest absolute Gasteiger partial charge is 0.485 e. The lowest BCUT2D eigenvalue weighted by atomic mass is 10.1. The van der Waals surface area contributed by atoms with Crippen molar-refractivity contribution in [1.82, 2.24) is 14.4 Å². The molecule has 0 aliphatic carbocycles. The number of hydrogen-bond acceptors (Lipinski definition) is 6. The van der Waals surface area contributed by atoms with Gasteiger partial charge in [-0.2, -0.15) is 0 Å². The summed E-state index contributed by atoms with van der Waals surface area (Å²) in [6.45, 7) is 2.62. The van der Waals surface area contributed by atoms with E-state index in [0.29, 0.717) is 17.3 Å². The van der Waals surface area contributed by atoms with Gasteiger partial charge in [0.25, 0.3) is 0 Å². The highest BCUT2D eigenvalue weighted by Gasteiger charge is 2.20. The van der Waals surface area contributed by atoms with Gasteiger partial charge >= 0.3 is 0 Å². The van der Waals surface area contributed by atoms with Gasteiger partial charge in [-0.1, -0.05) is 41.9 Å². The molecule has 1 amide bonds. The molecule has 0 bridgehead atoms. The Morgan fingerprint density at radius 3 is 2.73 bits per heavy atom. The molecule has 0 aliphatic heterocycles. The predicted octanol–water partition coefficient (Wildman–Crippen LogP) is 5.92. The van der Waals surface area contributed by atoms with Gasteiger partial charge in [0.1, 0.15) is 23.3 Å². The Labute approximate surface area is 224 Å². The summed E-state index contributed by atoms with van der Waals surface area (Å²) in [5.41, 5.74) is 9.28. The number of nitrogens with zero attached hydrogens (tertiary/aromatic N) is 4. The number of imidazole rings is 1. The number of nitrogens with two attached hydrogens (primary N) is 1. The third-order valence-electron chi connectivity index (χ3n) is 6.03. The van der Waals surface area contributed by atoms with E-state index in [2.05, 4.69) is 31.5 Å². The van der Waals surface area contributed by atoms with Crippen LogP contribution in [-0.4, -0.2) is 27.3 Å². The number of carbonyl (C=O) groups is 1.